The Morgan fingerprint density at radius 1 is 1.41 bits per heavy atom. The van der Waals surface area contributed by atoms with Gasteiger partial charge in [-0.3, -0.25) is 0 Å². The number of halogens is 1. The summed E-state index contributed by atoms with van der Waals surface area (Å²) in [5.41, 5.74) is 1.69. The van der Waals surface area contributed by atoms with E-state index in [1.807, 2.05) is 11.4 Å². The van der Waals surface area contributed by atoms with Gasteiger partial charge in [0.1, 0.15) is 10.8 Å². The quantitative estimate of drug-likeness (QED) is 0.822. The topological polar surface area (TPSA) is 24.9 Å². The van der Waals surface area contributed by atoms with Gasteiger partial charge in [-0.15, -0.1) is 11.3 Å². The zero-order chi connectivity index (χ0) is 12.1. The van der Waals surface area contributed by atoms with Crippen molar-refractivity contribution in [2.75, 3.05) is 6.54 Å². The van der Waals surface area contributed by atoms with E-state index in [4.69, 9.17) is 0 Å². The molecule has 2 nitrogen and oxygen atoms in total. The van der Waals surface area contributed by atoms with Crippen molar-refractivity contribution in [1.29, 1.82) is 0 Å². The van der Waals surface area contributed by atoms with E-state index in [1.54, 1.807) is 17.4 Å². The van der Waals surface area contributed by atoms with E-state index in [2.05, 4.69) is 17.2 Å². The van der Waals surface area contributed by atoms with Gasteiger partial charge in [0.05, 0.1) is 5.69 Å². The average Bonchev–Trinajstić information content (AvgIpc) is 2.78. The largest absolute Gasteiger partial charge is 0.310 e. The molecule has 0 saturated heterocycles. The van der Waals surface area contributed by atoms with Crippen molar-refractivity contribution in [3.05, 3.63) is 40.5 Å². The second-order valence-corrected chi connectivity index (χ2v) is 4.76. The second-order valence-electron chi connectivity index (χ2n) is 3.81. The minimum atomic E-state index is -0.221. The van der Waals surface area contributed by atoms with Crippen molar-refractivity contribution < 1.29 is 4.39 Å². The molecule has 0 fully saturated rings. The fraction of sp³-hybridized carbons (Fsp3) is 0.308. The smallest absolute Gasteiger partial charge is 0.123 e. The summed E-state index contributed by atoms with van der Waals surface area (Å²) in [6, 6.07) is 6.54. The van der Waals surface area contributed by atoms with Gasteiger partial charge in [-0.1, -0.05) is 19.1 Å². The first-order valence-electron chi connectivity index (χ1n) is 5.70. The lowest BCUT2D eigenvalue weighted by molar-refractivity contribution is 0.628. The first kappa shape index (κ1) is 12.2. The summed E-state index contributed by atoms with van der Waals surface area (Å²) in [5.74, 6) is -0.221. The first-order valence-corrected chi connectivity index (χ1v) is 6.58. The Balaban J connectivity index is 2.07. The lowest BCUT2D eigenvalue weighted by Crippen LogP contribution is -2.13. The Bertz CT molecular complexity index is 482. The van der Waals surface area contributed by atoms with Gasteiger partial charge in [-0.05, 0) is 25.1 Å². The molecular formula is C13H15FN2S. The summed E-state index contributed by atoms with van der Waals surface area (Å²) in [6.45, 7) is 3.91. The summed E-state index contributed by atoms with van der Waals surface area (Å²) in [7, 11) is 0. The molecule has 0 radical (unpaired) electrons. The summed E-state index contributed by atoms with van der Waals surface area (Å²) < 4.78 is 13.1. The van der Waals surface area contributed by atoms with E-state index in [0.717, 1.165) is 35.8 Å². The SMILES string of the molecule is CCCNCc1nc(-c2cccc(F)c2)cs1. The highest BCUT2D eigenvalue weighted by atomic mass is 32.1. The molecule has 0 aliphatic rings. The molecule has 0 saturated carbocycles. The van der Waals surface area contributed by atoms with Gasteiger partial charge in [-0.25, -0.2) is 9.37 Å². The number of nitrogens with zero attached hydrogens (tertiary/aromatic N) is 1. The molecule has 1 heterocycles. The number of hydrogen-bond acceptors (Lipinski definition) is 3. The zero-order valence-corrected chi connectivity index (χ0v) is 10.6. The normalized spacial score (nSPS) is 10.7. The lowest BCUT2D eigenvalue weighted by atomic mass is 10.2. The van der Waals surface area contributed by atoms with Gasteiger partial charge in [0.25, 0.3) is 0 Å². The molecule has 1 N–H and O–H groups in total. The first-order chi connectivity index (χ1) is 8.29. The van der Waals surface area contributed by atoms with Crippen LogP contribution >= 0.6 is 11.3 Å². The molecule has 0 atom stereocenters. The summed E-state index contributed by atoms with van der Waals surface area (Å²) in [4.78, 5) is 4.48. The molecule has 1 aromatic heterocycles. The Morgan fingerprint density at radius 3 is 3.06 bits per heavy atom. The van der Waals surface area contributed by atoms with E-state index >= 15 is 0 Å². The molecule has 0 aliphatic carbocycles. The fourth-order valence-electron chi connectivity index (χ4n) is 1.54. The van der Waals surface area contributed by atoms with Crippen LogP contribution in [0.1, 0.15) is 18.4 Å². The molecule has 2 aromatic rings. The Kier molecular flexibility index (Phi) is 4.23. The molecule has 0 bridgehead atoms. The Morgan fingerprint density at radius 2 is 2.29 bits per heavy atom. The third kappa shape index (κ3) is 3.35. The summed E-state index contributed by atoms with van der Waals surface area (Å²) >= 11 is 1.60. The van der Waals surface area contributed by atoms with Crippen LogP contribution in [0.25, 0.3) is 11.3 Å². The number of nitrogens with one attached hydrogen (secondary N) is 1. The van der Waals surface area contributed by atoms with Crippen LogP contribution in [0.2, 0.25) is 0 Å². The number of benzene rings is 1. The molecule has 90 valence electrons. The van der Waals surface area contributed by atoms with Gasteiger partial charge < -0.3 is 5.32 Å². The maximum absolute atomic E-state index is 13.1. The van der Waals surface area contributed by atoms with Gasteiger partial charge in [0, 0.05) is 17.5 Å². The van der Waals surface area contributed by atoms with Crippen LogP contribution in [0, 0.1) is 5.82 Å². The molecule has 0 unspecified atom stereocenters. The fourth-order valence-corrected chi connectivity index (χ4v) is 2.32. The van der Waals surface area contributed by atoms with Crippen molar-refractivity contribution in [2.24, 2.45) is 0 Å². The summed E-state index contributed by atoms with van der Waals surface area (Å²) in [5, 5.41) is 6.31. The van der Waals surface area contributed by atoms with Gasteiger partial charge in [0.15, 0.2) is 0 Å². The number of aromatic nitrogens is 1. The maximum Gasteiger partial charge on any atom is 0.123 e. The van der Waals surface area contributed by atoms with Gasteiger partial charge in [0.2, 0.25) is 0 Å². The number of rotatable bonds is 5. The highest BCUT2D eigenvalue weighted by Gasteiger charge is 2.04. The van der Waals surface area contributed by atoms with E-state index in [9.17, 15) is 4.39 Å². The van der Waals surface area contributed by atoms with Crippen LogP contribution in [0.4, 0.5) is 4.39 Å². The number of thiazole rings is 1. The molecule has 0 spiro atoms. The standard InChI is InChI=1S/C13H15FN2S/c1-2-6-15-8-13-16-12(9-17-13)10-4-3-5-11(14)7-10/h3-5,7,9,15H,2,6,8H2,1H3. The van der Waals surface area contributed by atoms with Crippen LogP contribution in [0.3, 0.4) is 0 Å². The van der Waals surface area contributed by atoms with Crippen LogP contribution in [0.5, 0.6) is 0 Å². The maximum atomic E-state index is 13.1. The Labute approximate surface area is 105 Å². The predicted molar refractivity (Wildman–Crippen MR) is 69.5 cm³/mol. The predicted octanol–water partition coefficient (Wildman–Crippen LogP) is 3.45. The van der Waals surface area contributed by atoms with Gasteiger partial charge in [-0.2, -0.15) is 0 Å². The highest BCUT2D eigenvalue weighted by molar-refractivity contribution is 7.09. The van der Waals surface area contributed by atoms with Crippen molar-refractivity contribution in [1.82, 2.24) is 10.3 Å². The lowest BCUT2D eigenvalue weighted by Gasteiger charge is -1.98. The highest BCUT2D eigenvalue weighted by Crippen LogP contribution is 2.22. The molecule has 2 rings (SSSR count). The van der Waals surface area contributed by atoms with E-state index < -0.39 is 0 Å². The van der Waals surface area contributed by atoms with Crippen molar-refractivity contribution in [2.45, 2.75) is 19.9 Å². The van der Waals surface area contributed by atoms with E-state index in [-0.39, 0.29) is 5.82 Å². The van der Waals surface area contributed by atoms with Crippen LogP contribution in [-0.4, -0.2) is 11.5 Å². The van der Waals surface area contributed by atoms with Crippen LogP contribution in [0.15, 0.2) is 29.6 Å². The number of hydrogen-bond donors (Lipinski definition) is 1. The van der Waals surface area contributed by atoms with E-state index in [0.29, 0.717) is 0 Å². The average molecular weight is 250 g/mol. The van der Waals surface area contributed by atoms with Gasteiger partial charge >= 0.3 is 0 Å². The van der Waals surface area contributed by atoms with Crippen molar-refractivity contribution in [3.8, 4) is 11.3 Å². The van der Waals surface area contributed by atoms with Crippen LogP contribution in [-0.2, 0) is 6.54 Å². The molecule has 0 aliphatic heterocycles. The monoisotopic (exact) mass is 250 g/mol. The van der Waals surface area contributed by atoms with Crippen molar-refractivity contribution in [3.63, 3.8) is 0 Å². The molecule has 17 heavy (non-hydrogen) atoms. The second kappa shape index (κ2) is 5.89. The van der Waals surface area contributed by atoms with Crippen molar-refractivity contribution >= 4 is 11.3 Å². The summed E-state index contributed by atoms with van der Waals surface area (Å²) in [6.07, 6.45) is 1.11. The van der Waals surface area contributed by atoms with Crippen LogP contribution < -0.4 is 5.32 Å². The molecule has 4 heteroatoms. The molecule has 0 amide bonds. The minimum Gasteiger partial charge on any atom is -0.310 e. The third-order valence-corrected chi connectivity index (χ3v) is 3.22. The molecule has 1 aromatic carbocycles. The third-order valence-electron chi connectivity index (χ3n) is 2.38. The Hall–Kier alpha value is -1.26. The zero-order valence-electron chi connectivity index (χ0n) is 9.74. The minimum absolute atomic E-state index is 0.221. The molecular weight excluding hydrogens is 235 g/mol. The van der Waals surface area contributed by atoms with E-state index in [1.165, 1.54) is 12.1 Å².